The zero-order chi connectivity index (χ0) is 13.0. The van der Waals surface area contributed by atoms with Crippen molar-refractivity contribution in [2.45, 2.75) is 19.4 Å². The Hall–Kier alpha value is -1.56. The molecule has 0 bridgehead atoms. The van der Waals surface area contributed by atoms with Crippen molar-refractivity contribution in [2.75, 3.05) is 19.8 Å². The van der Waals surface area contributed by atoms with Crippen molar-refractivity contribution in [1.82, 2.24) is 14.9 Å². The van der Waals surface area contributed by atoms with Crippen LogP contribution in [0.1, 0.15) is 17.8 Å². The summed E-state index contributed by atoms with van der Waals surface area (Å²) in [6.07, 6.45) is 1.75. The lowest BCUT2D eigenvalue weighted by atomic mass is 10.1. The molecule has 0 radical (unpaired) electrons. The van der Waals surface area contributed by atoms with E-state index in [1.807, 2.05) is 4.90 Å². The second-order valence-corrected chi connectivity index (χ2v) is 5.76. The first kappa shape index (κ1) is 11.3. The van der Waals surface area contributed by atoms with E-state index in [1.165, 1.54) is 0 Å². The van der Waals surface area contributed by atoms with Crippen LogP contribution in [0.5, 0.6) is 0 Å². The summed E-state index contributed by atoms with van der Waals surface area (Å²) in [6.45, 7) is 2.77. The second-order valence-electron chi connectivity index (χ2n) is 5.76. The Balaban J connectivity index is 1.49. The number of nitrogens with zero attached hydrogens (tertiary/aromatic N) is 1. The lowest BCUT2D eigenvalue weighted by Gasteiger charge is -2.26. The third kappa shape index (κ3) is 1.74. The third-order valence-corrected chi connectivity index (χ3v) is 4.71. The fraction of sp³-hybridized carbons (Fsp3) is 0.692. The highest BCUT2D eigenvalue weighted by molar-refractivity contribution is 5.82. The average Bonchev–Trinajstić information content (AvgIpc) is 3.02. The lowest BCUT2D eigenvalue weighted by Crippen LogP contribution is -2.37. The Morgan fingerprint density at radius 1 is 1.26 bits per heavy atom. The van der Waals surface area contributed by atoms with Crippen molar-refractivity contribution in [3.05, 3.63) is 21.9 Å². The standard InChI is InChI=1S/C13H17N3O3/c17-12(11-7-2-4-19-6-8(7)11)16-3-1-9-10(5-16)15-13(18)14-9/h7-8,11H,1-6H2,(H2,14,15,18). The number of carbonyl (C=O) groups excluding carboxylic acids is 1. The molecule has 1 aliphatic carbocycles. The first-order valence-electron chi connectivity index (χ1n) is 6.90. The van der Waals surface area contributed by atoms with Crippen LogP contribution in [-0.2, 0) is 22.5 Å². The second kappa shape index (κ2) is 3.96. The highest BCUT2D eigenvalue weighted by Crippen LogP contribution is 2.52. The number of carbonyl (C=O) groups is 1. The number of amides is 1. The van der Waals surface area contributed by atoms with Gasteiger partial charge in [0, 0.05) is 31.2 Å². The molecule has 0 aromatic carbocycles. The zero-order valence-electron chi connectivity index (χ0n) is 10.6. The number of imidazole rings is 1. The van der Waals surface area contributed by atoms with Crippen LogP contribution >= 0.6 is 0 Å². The van der Waals surface area contributed by atoms with E-state index in [2.05, 4.69) is 9.97 Å². The summed E-state index contributed by atoms with van der Waals surface area (Å²) in [5, 5.41) is 0. The molecule has 102 valence electrons. The van der Waals surface area contributed by atoms with Crippen LogP contribution in [0.25, 0.3) is 0 Å². The molecule has 3 unspecified atom stereocenters. The van der Waals surface area contributed by atoms with Crippen LogP contribution in [0, 0.1) is 17.8 Å². The molecule has 3 aliphatic rings. The quantitative estimate of drug-likeness (QED) is 0.741. The van der Waals surface area contributed by atoms with Gasteiger partial charge in [-0.1, -0.05) is 0 Å². The normalized spacial score (nSPS) is 32.6. The highest BCUT2D eigenvalue weighted by atomic mass is 16.5. The maximum Gasteiger partial charge on any atom is 0.323 e. The van der Waals surface area contributed by atoms with E-state index >= 15 is 0 Å². The molecule has 2 aliphatic heterocycles. The van der Waals surface area contributed by atoms with Crippen molar-refractivity contribution in [3.8, 4) is 0 Å². The summed E-state index contributed by atoms with van der Waals surface area (Å²) >= 11 is 0. The third-order valence-electron chi connectivity index (χ3n) is 4.71. The number of hydrogen-bond donors (Lipinski definition) is 2. The molecule has 6 nitrogen and oxygen atoms in total. The van der Waals surface area contributed by atoms with Gasteiger partial charge in [0.15, 0.2) is 0 Å². The molecule has 1 amide bonds. The van der Waals surface area contributed by atoms with Gasteiger partial charge in [0.25, 0.3) is 0 Å². The van der Waals surface area contributed by atoms with Gasteiger partial charge in [0.1, 0.15) is 0 Å². The minimum absolute atomic E-state index is 0.162. The van der Waals surface area contributed by atoms with Gasteiger partial charge in [0.2, 0.25) is 5.91 Å². The average molecular weight is 263 g/mol. The predicted molar refractivity (Wildman–Crippen MR) is 66.4 cm³/mol. The number of rotatable bonds is 1. The number of hydrogen-bond acceptors (Lipinski definition) is 3. The summed E-state index contributed by atoms with van der Waals surface area (Å²) in [5.74, 6) is 1.38. The molecular formula is C13H17N3O3. The number of fused-ring (bicyclic) bond motifs is 2. The Bertz CT molecular complexity index is 564. The van der Waals surface area contributed by atoms with Gasteiger partial charge < -0.3 is 19.6 Å². The monoisotopic (exact) mass is 263 g/mol. The predicted octanol–water partition coefficient (Wildman–Crippen LogP) is -0.130. The summed E-state index contributed by atoms with van der Waals surface area (Å²) in [4.78, 5) is 31.2. The van der Waals surface area contributed by atoms with Crippen molar-refractivity contribution in [3.63, 3.8) is 0 Å². The molecule has 0 spiro atoms. The first-order chi connectivity index (χ1) is 9.24. The van der Waals surface area contributed by atoms with Gasteiger partial charge in [-0.05, 0) is 18.3 Å². The molecule has 19 heavy (non-hydrogen) atoms. The van der Waals surface area contributed by atoms with Gasteiger partial charge in [0.05, 0.1) is 18.8 Å². The molecule has 2 N–H and O–H groups in total. The summed E-state index contributed by atoms with van der Waals surface area (Å²) in [7, 11) is 0. The molecule has 2 fully saturated rings. The van der Waals surface area contributed by atoms with Crippen LogP contribution in [0.3, 0.4) is 0 Å². The van der Waals surface area contributed by atoms with E-state index in [4.69, 9.17) is 4.74 Å². The number of aromatic nitrogens is 2. The Labute approximate surface area is 110 Å². The van der Waals surface area contributed by atoms with E-state index < -0.39 is 0 Å². The van der Waals surface area contributed by atoms with E-state index in [0.29, 0.717) is 24.9 Å². The van der Waals surface area contributed by atoms with Crippen molar-refractivity contribution >= 4 is 5.91 Å². The van der Waals surface area contributed by atoms with Gasteiger partial charge in [-0.25, -0.2) is 4.79 Å². The van der Waals surface area contributed by atoms with E-state index in [9.17, 15) is 9.59 Å². The lowest BCUT2D eigenvalue weighted by molar-refractivity contribution is -0.134. The first-order valence-corrected chi connectivity index (χ1v) is 6.90. The largest absolute Gasteiger partial charge is 0.381 e. The fourth-order valence-corrected chi connectivity index (χ4v) is 3.59. The van der Waals surface area contributed by atoms with Crippen LogP contribution < -0.4 is 5.69 Å². The van der Waals surface area contributed by atoms with Gasteiger partial charge in [-0.15, -0.1) is 0 Å². The smallest absolute Gasteiger partial charge is 0.323 e. The molecule has 1 saturated heterocycles. The van der Waals surface area contributed by atoms with E-state index in [1.54, 1.807) is 0 Å². The van der Waals surface area contributed by atoms with E-state index in [0.717, 1.165) is 37.4 Å². The van der Waals surface area contributed by atoms with Gasteiger partial charge in [-0.3, -0.25) is 4.79 Å². The molecule has 3 atom stereocenters. The minimum Gasteiger partial charge on any atom is -0.381 e. The molecule has 4 rings (SSSR count). The number of nitrogens with one attached hydrogen (secondary N) is 2. The summed E-state index contributed by atoms with van der Waals surface area (Å²) < 4.78 is 5.43. The SMILES string of the molecule is O=C(C1C2CCOCC21)N1CCc2[nH]c(=O)[nH]c2C1. The molecule has 1 aromatic rings. The summed E-state index contributed by atoms with van der Waals surface area (Å²) in [5.41, 5.74) is 1.64. The van der Waals surface area contributed by atoms with Crippen LogP contribution in [0.4, 0.5) is 0 Å². The Morgan fingerprint density at radius 2 is 2.11 bits per heavy atom. The minimum atomic E-state index is -0.173. The topological polar surface area (TPSA) is 78.2 Å². The summed E-state index contributed by atoms with van der Waals surface area (Å²) in [6, 6.07) is 0. The molecule has 1 saturated carbocycles. The number of ether oxygens (including phenoxy) is 1. The molecule has 1 aromatic heterocycles. The fourth-order valence-electron chi connectivity index (χ4n) is 3.59. The maximum absolute atomic E-state index is 12.5. The van der Waals surface area contributed by atoms with Gasteiger partial charge in [-0.2, -0.15) is 0 Å². The Morgan fingerprint density at radius 3 is 2.89 bits per heavy atom. The Kier molecular flexibility index (Phi) is 2.35. The maximum atomic E-state index is 12.5. The molecular weight excluding hydrogens is 246 g/mol. The highest BCUT2D eigenvalue weighted by Gasteiger charge is 2.56. The van der Waals surface area contributed by atoms with Crippen molar-refractivity contribution in [1.29, 1.82) is 0 Å². The van der Waals surface area contributed by atoms with Crippen molar-refractivity contribution < 1.29 is 9.53 Å². The van der Waals surface area contributed by atoms with E-state index in [-0.39, 0.29) is 17.5 Å². The number of H-pyrrole nitrogens is 2. The van der Waals surface area contributed by atoms with Crippen LogP contribution in [0.2, 0.25) is 0 Å². The molecule has 6 heteroatoms. The van der Waals surface area contributed by atoms with Crippen LogP contribution in [-0.4, -0.2) is 40.5 Å². The van der Waals surface area contributed by atoms with Crippen LogP contribution in [0.15, 0.2) is 4.79 Å². The zero-order valence-corrected chi connectivity index (χ0v) is 10.6. The molecule has 3 heterocycles. The number of aromatic amines is 2. The van der Waals surface area contributed by atoms with Gasteiger partial charge >= 0.3 is 5.69 Å². The van der Waals surface area contributed by atoms with Crippen molar-refractivity contribution in [2.24, 2.45) is 17.8 Å².